The number of anilines is 1. The lowest BCUT2D eigenvalue weighted by Crippen LogP contribution is -2.17. The minimum Gasteiger partial charge on any atom is -0.384 e. The molecule has 0 bridgehead atoms. The fourth-order valence-corrected chi connectivity index (χ4v) is 5.40. The van der Waals surface area contributed by atoms with Gasteiger partial charge in [0.15, 0.2) is 5.43 Å². The zero-order valence-corrected chi connectivity index (χ0v) is 20.2. The number of nitrogens with zero attached hydrogens (tertiary/aromatic N) is 1. The van der Waals surface area contributed by atoms with E-state index in [2.05, 4.69) is 10.2 Å². The second kappa shape index (κ2) is 9.35. The average Bonchev–Trinajstić information content (AvgIpc) is 2.71. The Morgan fingerprint density at radius 1 is 0.935 bits per heavy atom. The van der Waals surface area contributed by atoms with Crippen molar-refractivity contribution in [2.45, 2.75) is 6.42 Å². The van der Waals surface area contributed by atoms with E-state index in [4.69, 9.17) is 34.8 Å². The summed E-state index contributed by atoms with van der Waals surface area (Å²) in [4.78, 5) is 15.6. The van der Waals surface area contributed by atoms with Gasteiger partial charge in [-0.15, -0.1) is 11.3 Å². The van der Waals surface area contributed by atoms with Crippen LogP contribution in [0.25, 0.3) is 31.3 Å². The molecule has 0 saturated heterocycles. The second-order valence-corrected chi connectivity index (χ2v) is 10.0. The molecule has 0 aliphatic rings. The maximum Gasteiger partial charge on any atom is 0.198 e. The standard InChI is InChI=1S/C24H21Cl3N2OS/c1-29(2)9-3-8-28-20-10-14(17-6-4-16(26)13-19(17)27)11-22-23(20)24(30)18-12-15(25)5-7-21(18)31-22/h4-7,10-13,28H,3,8-9H2,1-2H3. The van der Waals surface area contributed by atoms with Gasteiger partial charge in [0.2, 0.25) is 0 Å². The van der Waals surface area contributed by atoms with Crippen LogP contribution >= 0.6 is 46.1 Å². The van der Waals surface area contributed by atoms with Crippen LogP contribution in [0.15, 0.2) is 53.3 Å². The highest BCUT2D eigenvalue weighted by Crippen LogP contribution is 2.37. The molecule has 0 fully saturated rings. The smallest absolute Gasteiger partial charge is 0.198 e. The summed E-state index contributed by atoms with van der Waals surface area (Å²) in [6, 6.07) is 14.9. The fourth-order valence-electron chi connectivity index (χ4n) is 3.59. The van der Waals surface area contributed by atoms with Gasteiger partial charge >= 0.3 is 0 Å². The van der Waals surface area contributed by atoms with Crippen LogP contribution in [-0.2, 0) is 0 Å². The van der Waals surface area contributed by atoms with Crippen molar-refractivity contribution < 1.29 is 0 Å². The quantitative estimate of drug-likeness (QED) is 0.225. The first kappa shape index (κ1) is 22.4. The lowest BCUT2D eigenvalue weighted by atomic mass is 10.0. The Balaban J connectivity index is 1.91. The van der Waals surface area contributed by atoms with Crippen molar-refractivity contribution in [2.75, 3.05) is 32.5 Å². The van der Waals surface area contributed by atoms with E-state index in [9.17, 15) is 4.79 Å². The van der Waals surface area contributed by atoms with Crippen molar-refractivity contribution in [2.24, 2.45) is 0 Å². The number of halogens is 3. The van der Waals surface area contributed by atoms with Gasteiger partial charge in [0.1, 0.15) is 0 Å². The third-order valence-corrected chi connectivity index (χ3v) is 6.98. The number of rotatable bonds is 6. The Hall–Kier alpha value is -1.82. The fraction of sp³-hybridized carbons (Fsp3) is 0.208. The van der Waals surface area contributed by atoms with Gasteiger partial charge in [0.05, 0.1) is 5.39 Å². The van der Waals surface area contributed by atoms with E-state index in [0.717, 1.165) is 45.7 Å². The molecule has 0 atom stereocenters. The van der Waals surface area contributed by atoms with Crippen LogP contribution in [0, 0.1) is 0 Å². The molecular weight excluding hydrogens is 471 g/mol. The zero-order chi connectivity index (χ0) is 22.1. The Bertz CT molecular complexity index is 1330. The van der Waals surface area contributed by atoms with Gasteiger partial charge in [-0.2, -0.15) is 0 Å². The minimum atomic E-state index is -0.0184. The predicted octanol–water partition coefficient (Wildman–Crippen LogP) is 7.41. The molecule has 4 rings (SSSR count). The van der Waals surface area contributed by atoms with Crippen molar-refractivity contribution >= 4 is 72.0 Å². The molecule has 3 nitrogen and oxygen atoms in total. The lowest BCUT2D eigenvalue weighted by molar-refractivity contribution is 0.405. The predicted molar refractivity (Wildman–Crippen MR) is 138 cm³/mol. The van der Waals surface area contributed by atoms with E-state index in [1.165, 1.54) is 0 Å². The first-order valence-electron chi connectivity index (χ1n) is 9.87. The van der Waals surface area contributed by atoms with Gasteiger partial charge in [-0.25, -0.2) is 0 Å². The van der Waals surface area contributed by atoms with Crippen LogP contribution in [0.5, 0.6) is 0 Å². The highest BCUT2D eigenvalue weighted by Gasteiger charge is 2.15. The van der Waals surface area contributed by atoms with Crippen LogP contribution in [0.3, 0.4) is 0 Å². The number of nitrogens with one attached hydrogen (secondary N) is 1. The maximum absolute atomic E-state index is 13.4. The highest BCUT2D eigenvalue weighted by molar-refractivity contribution is 7.24. The van der Waals surface area contributed by atoms with Crippen LogP contribution < -0.4 is 10.7 Å². The summed E-state index contributed by atoms with van der Waals surface area (Å²) in [6.07, 6.45) is 0.956. The Labute approximate surface area is 200 Å². The molecular formula is C24H21Cl3N2OS. The van der Waals surface area contributed by atoms with Crippen molar-refractivity contribution in [1.82, 2.24) is 4.90 Å². The Morgan fingerprint density at radius 3 is 2.42 bits per heavy atom. The molecule has 0 unspecified atom stereocenters. The molecule has 1 aromatic heterocycles. The van der Waals surface area contributed by atoms with Crippen LogP contribution in [-0.4, -0.2) is 32.1 Å². The van der Waals surface area contributed by atoms with Crippen molar-refractivity contribution in [1.29, 1.82) is 0 Å². The molecule has 0 aliphatic heterocycles. The van der Waals surface area contributed by atoms with Gasteiger partial charge in [-0.05, 0) is 75.1 Å². The number of hydrogen-bond acceptors (Lipinski definition) is 4. The van der Waals surface area contributed by atoms with E-state index in [-0.39, 0.29) is 5.43 Å². The molecule has 0 radical (unpaired) electrons. The first-order chi connectivity index (χ1) is 14.8. The topological polar surface area (TPSA) is 32.3 Å². The van der Waals surface area contributed by atoms with Crippen molar-refractivity contribution in [3.63, 3.8) is 0 Å². The minimum absolute atomic E-state index is 0.0184. The van der Waals surface area contributed by atoms with Crippen molar-refractivity contribution in [3.8, 4) is 11.1 Å². The molecule has 0 amide bonds. The Kier molecular flexibility index (Phi) is 6.75. The molecule has 0 saturated carbocycles. The highest BCUT2D eigenvalue weighted by atomic mass is 35.5. The molecule has 31 heavy (non-hydrogen) atoms. The van der Waals surface area contributed by atoms with Crippen molar-refractivity contribution in [3.05, 3.63) is 73.8 Å². The van der Waals surface area contributed by atoms with Crippen LogP contribution in [0.2, 0.25) is 15.1 Å². The molecule has 1 heterocycles. The zero-order valence-electron chi connectivity index (χ0n) is 17.1. The summed E-state index contributed by atoms with van der Waals surface area (Å²) in [5.41, 5.74) is 2.60. The summed E-state index contributed by atoms with van der Waals surface area (Å²) >= 11 is 20.3. The average molecular weight is 492 g/mol. The molecule has 0 aliphatic carbocycles. The molecule has 7 heteroatoms. The first-order valence-corrected chi connectivity index (χ1v) is 11.8. The lowest BCUT2D eigenvalue weighted by Gasteiger charge is -2.15. The van der Waals surface area contributed by atoms with E-state index < -0.39 is 0 Å². The maximum atomic E-state index is 13.4. The Morgan fingerprint density at radius 2 is 1.68 bits per heavy atom. The van der Waals surface area contributed by atoms with Gasteiger partial charge in [-0.3, -0.25) is 4.79 Å². The van der Waals surface area contributed by atoms with Gasteiger partial charge in [-0.1, -0.05) is 40.9 Å². The molecule has 0 spiro atoms. The number of fused-ring (bicyclic) bond motifs is 2. The van der Waals surface area contributed by atoms with E-state index in [1.807, 2.05) is 50.5 Å². The summed E-state index contributed by atoms with van der Waals surface area (Å²) in [5, 5.41) is 6.52. The summed E-state index contributed by atoms with van der Waals surface area (Å²) < 4.78 is 1.80. The van der Waals surface area contributed by atoms with E-state index in [0.29, 0.717) is 25.8 Å². The van der Waals surface area contributed by atoms with Gasteiger partial charge < -0.3 is 10.2 Å². The van der Waals surface area contributed by atoms with Gasteiger partial charge in [0.25, 0.3) is 0 Å². The largest absolute Gasteiger partial charge is 0.384 e. The number of benzene rings is 3. The summed E-state index contributed by atoms with van der Waals surface area (Å²) in [7, 11) is 4.09. The SMILES string of the molecule is CN(C)CCCNc1cc(-c2ccc(Cl)cc2Cl)cc2sc3ccc(Cl)cc3c(=O)c12. The third kappa shape index (κ3) is 4.84. The molecule has 160 valence electrons. The molecule has 3 aromatic carbocycles. The molecule has 4 aromatic rings. The number of hydrogen-bond donors (Lipinski definition) is 1. The van der Waals surface area contributed by atoms with E-state index in [1.54, 1.807) is 23.5 Å². The third-order valence-electron chi connectivity index (χ3n) is 5.08. The second-order valence-electron chi connectivity index (χ2n) is 7.68. The molecule has 1 N–H and O–H groups in total. The summed E-state index contributed by atoms with van der Waals surface area (Å²) in [6.45, 7) is 1.71. The summed E-state index contributed by atoms with van der Waals surface area (Å²) in [5.74, 6) is 0. The van der Waals surface area contributed by atoms with Crippen LogP contribution in [0.1, 0.15) is 6.42 Å². The van der Waals surface area contributed by atoms with E-state index >= 15 is 0 Å². The monoisotopic (exact) mass is 490 g/mol. The normalized spacial score (nSPS) is 11.5. The van der Waals surface area contributed by atoms with Gasteiger partial charge in [0, 0.05) is 47.6 Å². The van der Waals surface area contributed by atoms with Crippen LogP contribution in [0.4, 0.5) is 5.69 Å².